The highest BCUT2D eigenvalue weighted by atomic mass is 16.5. The number of nitrogens with one attached hydrogen (secondary N) is 1. The summed E-state index contributed by atoms with van der Waals surface area (Å²) in [6, 6.07) is 24.5. The molecule has 1 aliphatic heterocycles. The molecule has 0 radical (unpaired) electrons. The second kappa shape index (κ2) is 10.4. The van der Waals surface area contributed by atoms with Gasteiger partial charge in [0.1, 0.15) is 12.4 Å². The first-order valence-electron chi connectivity index (χ1n) is 11.1. The minimum absolute atomic E-state index is 0.0185. The Kier molecular flexibility index (Phi) is 7.18. The number of hydrogen-bond acceptors (Lipinski definition) is 4. The van der Waals surface area contributed by atoms with Gasteiger partial charge in [0.15, 0.2) is 0 Å². The van der Waals surface area contributed by atoms with Crippen molar-refractivity contribution in [1.82, 2.24) is 15.1 Å². The first-order chi connectivity index (χ1) is 15.2. The van der Waals surface area contributed by atoms with E-state index in [4.69, 9.17) is 4.74 Å². The van der Waals surface area contributed by atoms with Crippen molar-refractivity contribution in [3.8, 4) is 5.75 Å². The van der Waals surface area contributed by atoms with Crippen LogP contribution in [0, 0.1) is 0 Å². The van der Waals surface area contributed by atoms with Crippen LogP contribution in [0.2, 0.25) is 0 Å². The van der Waals surface area contributed by atoms with E-state index in [1.807, 2.05) is 42.5 Å². The molecule has 0 saturated carbocycles. The van der Waals surface area contributed by atoms with Gasteiger partial charge in [0.2, 0.25) is 5.91 Å². The molecule has 1 heterocycles. The average molecular weight is 418 g/mol. The van der Waals surface area contributed by atoms with E-state index in [-0.39, 0.29) is 11.9 Å². The van der Waals surface area contributed by atoms with Crippen LogP contribution in [0.4, 0.5) is 0 Å². The molecule has 3 aromatic rings. The summed E-state index contributed by atoms with van der Waals surface area (Å²) in [6.07, 6.45) is 0. The van der Waals surface area contributed by atoms with Crippen LogP contribution in [0.1, 0.15) is 18.5 Å². The Morgan fingerprint density at radius 1 is 0.903 bits per heavy atom. The number of nitrogens with zero attached hydrogens (tertiary/aromatic N) is 2. The smallest absolute Gasteiger partial charge is 0.234 e. The van der Waals surface area contributed by atoms with Crippen LogP contribution in [0.25, 0.3) is 10.8 Å². The predicted octanol–water partition coefficient (Wildman–Crippen LogP) is 3.71. The van der Waals surface area contributed by atoms with Crippen molar-refractivity contribution < 1.29 is 9.53 Å². The van der Waals surface area contributed by atoms with Crippen molar-refractivity contribution in [2.24, 2.45) is 0 Å². The van der Waals surface area contributed by atoms with Gasteiger partial charge in [0, 0.05) is 32.7 Å². The van der Waals surface area contributed by atoms with Gasteiger partial charge in [-0.05, 0) is 35.4 Å². The zero-order valence-corrected chi connectivity index (χ0v) is 18.2. The van der Waals surface area contributed by atoms with E-state index in [2.05, 4.69) is 52.4 Å². The fourth-order valence-corrected chi connectivity index (χ4v) is 4.18. The molecule has 1 atom stereocenters. The van der Waals surface area contributed by atoms with E-state index in [0.717, 1.165) is 44.0 Å². The summed E-state index contributed by atoms with van der Waals surface area (Å²) >= 11 is 0. The lowest BCUT2D eigenvalue weighted by Gasteiger charge is -2.34. The van der Waals surface area contributed by atoms with Gasteiger partial charge in [0.25, 0.3) is 0 Å². The van der Waals surface area contributed by atoms with E-state index in [1.54, 1.807) is 0 Å². The summed E-state index contributed by atoms with van der Waals surface area (Å²) in [7, 11) is 0. The molecule has 1 saturated heterocycles. The minimum atomic E-state index is -0.0185. The van der Waals surface area contributed by atoms with Crippen LogP contribution in [0.5, 0.6) is 5.75 Å². The van der Waals surface area contributed by atoms with Gasteiger partial charge in [-0.1, -0.05) is 60.7 Å². The van der Waals surface area contributed by atoms with E-state index >= 15 is 0 Å². The standard InChI is InChI=1S/C26H31N3O2/c1-21(24-13-7-9-22-8-5-6-12-25(22)24)27-26(30)20-29-16-14-28(15-17-29)18-19-31-23-10-3-2-4-11-23/h2-13,21H,14-20H2,1H3,(H,27,30)/t21-/m1/s1. The zero-order valence-electron chi connectivity index (χ0n) is 18.2. The maximum atomic E-state index is 12.7. The largest absolute Gasteiger partial charge is 0.492 e. The van der Waals surface area contributed by atoms with Crippen LogP contribution in [-0.4, -0.2) is 61.6 Å². The number of rotatable bonds is 8. The number of amides is 1. The Hall–Kier alpha value is -2.89. The predicted molar refractivity (Wildman–Crippen MR) is 125 cm³/mol. The molecule has 0 unspecified atom stereocenters. The molecular formula is C26H31N3O2. The van der Waals surface area contributed by atoms with Crippen molar-refractivity contribution in [3.63, 3.8) is 0 Å². The topological polar surface area (TPSA) is 44.8 Å². The third-order valence-corrected chi connectivity index (χ3v) is 5.92. The maximum Gasteiger partial charge on any atom is 0.234 e. The quantitative estimate of drug-likeness (QED) is 0.607. The molecule has 162 valence electrons. The molecule has 1 N–H and O–H groups in total. The van der Waals surface area contributed by atoms with Gasteiger partial charge < -0.3 is 10.1 Å². The SMILES string of the molecule is C[C@@H](NC(=O)CN1CCN(CCOc2ccccc2)CC1)c1cccc2ccccc12. The Morgan fingerprint density at radius 2 is 1.58 bits per heavy atom. The monoisotopic (exact) mass is 417 g/mol. The van der Waals surface area contributed by atoms with E-state index in [0.29, 0.717) is 13.2 Å². The number of hydrogen-bond donors (Lipinski definition) is 1. The number of carbonyl (C=O) groups is 1. The van der Waals surface area contributed by atoms with Crippen molar-refractivity contribution in [2.75, 3.05) is 45.9 Å². The number of ether oxygens (including phenoxy) is 1. The van der Waals surface area contributed by atoms with Gasteiger partial charge in [-0.15, -0.1) is 0 Å². The molecule has 0 spiro atoms. The summed E-state index contributed by atoms with van der Waals surface area (Å²) in [4.78, 5) is 17.3. The van der Waals surface area contributed by atoms with Gasteiger partial charge >= 0.3 is 0 Å². The number of benzene rings is 3. The Bertz CT molecular complexity index is 979. The van der Waals surface area contributed by atoms with E-state index in [9.17, 15) is 4.79 Å². The Balaban J connectivity index is 1.20. The number of piperazine rings is 1. The molecule has 1 fully saturated rings. The third-order valence-electron chi connectivity index (χ3n) is 5.92. The maximum absolute atomic E-state index is 12.7. The molecule has 1 amide bonds. The molecule has 0 aliphatic carbocycles. The lowest BCUT2D eigenvalue weighted by molar-refractivity contribution is -0.123. The number of fused-ring (bicyclic) bond motifs is 1. The molecule has 1 aliphatic rings. The Morgan fingerprint density at radius 3 is 2.39 bits per heavy atom. The van der Waals surface area contributed by atoms with Crippen molar-refractivity contribution in [1.29, 1.82) is 0 Å². The van der Waals surface area contributed by atoms with Crippen LogP contribution in [-0.2, 0) is 4.79 Å². The molecule has 5 nitrogen and oxygen atoms in total. The second-order valence-corrected chi connectivity index (χ2v) is 8.14. The molecule has 0 aromatic heterocycles. The van der Waals surface area contributed by atoms with Crippen molar-refractivity contribution >= 4 is 16.7 Å². The zero-order chi connectivity index (χ0) is 21.5. The first kappa shape index (κ1) is 21.3. The summed E-state index contributed by atoms with van der Waals surface area (Å²) in [6.45, 7) is 7.84. The van der Waals surface area contributed by atoms with E-state index < -0.39 is 0 Å². The highest BCUT2D eigenvalue weighted by Gasteiger charge is 2.20. The highest BCUT2D eigenvalue weighted by Crippen LogP contribution is 2.24. The molecule has 5 heteroatoms. The second-order valence-electron chi connectivity index (χ2n) is 8.14. The van der Waals surface area contributed by atoms with Gasteiger partial charge in [-0.3, -0.25) is 14.6 Å². The van der Waals surface area contributed by atoms with Crippen LogP contribution >= 0.6 is 0 Å². The summed E-state index contributed by atoms with van der Waals surface area (Å²) in [5.41, 5.74) is 1.16. The third kappa shape index (κ3) is 5.84. The lowest BCUT2D eigenvalue weighted by atomic mass is 10.00. The summed E-state index contributed by atoms with van der Waals surface area (Å²) in [5.74, 6) is 0.999. The fourth-order valence-electron chi connectivity index (χ4n) is 4.18. The first-order valence-corrected chi connectivity index (χ1v) is 11.1. The minimum Gasteiger partial charge on any atom is -0.492 e. The van der Waals surface area contributed by atoms with Crippen molar-refractivity contribution in [2.45, 2.75) is 13.0 Å². The van der Waals surface area contributed by atoms with Crippen molar-refractivity contribution in [3.05, 3.63) is 78.4 Å². The molecular weight excluding hydrogens is 386 g/mol. The number of para-hydroxylation sites is 1. The number of carbonyl (C=O) groups excluding carboxylic acids is 1. The summed E-state index contributed by atoms with van der Waals surface area (Å²) in [5, 5.41) is 5.59. The van der Waals surface area contributed by atoms with Gasteiger partial charge in [0.05, 0.1) is 12.6 Å². The molecule has 4 rings (SSSR count). The highest BCUT2D eigenvalue weighted by molar-refractivity contribution is 5.87. The average Bonchev–Trinajstić information content (AvgIpc) is 2.80. The van der Waals surface area contributed by atoms with Gasteiger partial charge in [-0.25, -0.2) is 0 Å². The molecule has 31 heavy (non-hydrogen) atoms. The molecule has 3 aromatic carbocycles. The van der Waals surface area contributed by atoms with Crippen LogP contribution in [0.3, 0.4) is 0 Å². The Labute approximate surface area is 184 Å². The van der Waals surface area contributed by atoms with Gasteiger partial charge in [-0.2, -0.15) is 0 Å². The summed E-state index contributed by atoms with van der Waals surface area (Å²) < 4.78 is 5.80. The molecule has 0 bridgehead atoms. The fraction of sp³-hybridized carbons (Fsp3) is 0.346. The normalized spacial score (nSPS) is 16.2. The van der Waals surface area contributed by atoms with Crippen LogP contribution < -0.4 is 10.1 Å². The van der Waals surface area contributed by atoms with E-state index in [1.165, 1.54) is 10.8 Å². The lowest BCUT2D eigenvalue weighted by Crippen LogP contribution is -2.50. The van der Waals surface area contributed by atoms with Crippen LogP contribution in [0.15, 0.2) is 72.8 Å².